The SMILES string of the molecule is CCCn1cc(C(O)C(CC)(CC)c2ccccc2)cn1. The summed E-state index contributed by atoms with van der Waals surface area (Å²) in [7, 11) is 0. The number of rotatable bonds is 7. The second-order valence-electron chi connectivity index (χ2n) is 5.67. The number of benzene rings is 1. The van der Waals surface area contributed by atoms with Gasteiger partial charge in [0, 0.05) is 23.7 Å². The molecule has 0 saturated carbocycles. The van der Waals surface area contributed by atoms with Crippen molar-refractivity contribution in [3.8, 4) is 0 Å². The molecule has 2 aromatic rings. The quantitative estimate of drug-likeness (QED) is 0.832. The van der Waals surface area contributed by atoms with E-state index in [1.54, 1.807) is 0 Å². The van der Waals surface area contributed by atoms with E-state index in [0.717, 1.165) is 31.4 Å². The lowest BCUT2D eigenvalue weighted by Crippen LogP contribution is -2.32. The molecule has 21 heavy (non-hydrogen) atoms. The van der Waals surface area contributed by atoms with E-state index in [1.807, 2.05) is 35.3 Å². The first kappa shape index (κ1) is 15.8. The van der Waals surface area contributed by atoms with Crippen molar-refractivity contribution in [1.82, 2.24) is 9.78 Å². The zero-order chi connectivity index (χ0) is 15.3. The van der Waals surface area contributed by atoms with Crippen LogP contribution in [0.25, 0.3) is 0 Å². The Morgan fingerprint density at radius 3 is 2.38 bits per heavy atom. The lowest BCUT2D eigenvalue weighted by atomic mass is 9.70. The average molecular weight is 286 g/mol. The van der Waals surface area contributed by atoms with Crippen LogP contribution in [0.2, 0.25) is 0 Å². The lowest BCUT2D eigenvalue weighted by Gasteiger charge is -2.37. The van der Waals surface area contributed by atoms with E-state index >= 15 is 0 Å². The molecule has 0 aliphatic heterocycles. The maximum atomic E-state index is 11.0. The predicted molar refractivity (Wildman–Crippen MR) is 86.2 cm³/mol. The van der Waals surface area contributed by atoms with Gasteiger partial charge in [-0.05, 0) is 24.8 Å². The van der Waals surface area contributed by atoms with Crippen molar-refractivity contribution in [3.63, 3.8) is 0 Å². The summed E-state index contributed by atoms with van der Waals surface area (Å²) in [5.74, 6) is 0. The van der Waals surface area contributed by atoms with Crippen molar-refractivity contribution in [2.75, 3.05) is 0 Å². The van der Waals surface area contributed by atoms with Crippen LogP contribution in [-0.4, -0.2) is 14.9 Å². The van der Waals surface area contributed by atoms with Crippen molar-refractivity contribution in [2.45, 2.75) is 58.1 Å². The number of aliphatic hydroxyl groups is 1. The fourth-order valence-electron chi connectivity index (χ4n) is 3.16. The molecule has 3 nitrogen and oxygen atoms in total. The molecular formula is C18H26N2O. The van der Waals surface area contributed by atoms with Gasteiger partial charge in [0.2, 0.25) is 0 Å². The second kappa shape index (κ2) is 6.90. The van der Waals surface area contributed by atoms with Crippen molar-refractivity contribution in [2.24, 2.45) is 0 Å². The molecule has 0 fully saturated rings. The standard InChI is InChI=1S/C18H26N2O/c1-4-12-20-14-15(13-19-20)17(21)18(5-2,6-3)16-10-8-7-9-11-16/h7-11,13-14,17,21H,4-6,12H2,1-3H3. The Labute approximate surface area is 127 Å². The summed E-state index contributed by atoms with van der Waals surface area (Å²) < 4.78 is 1.92. The van der Waals surface area contributed by atoms with E-state index in [1.165, 1.54) is 5.56 Å². The Hall–Kier alpha value is -1.61. The van der Waals surface area contributed by atoms with E-state index in [9.17, 15) is 5.11 Å². The van der Waals surface area contributed by atoms with Crippen molar-refractivity contribution >= 4 is 0 Å². The summed E-state index contributed by atoms with van der Waals surface area (Å²) in [6.45, 7) is 7.32. The summed E-state index contributed by atoms with van der Waals surface area (Å²) in [5, 5.41) is 15.4. The molecule has 1 aromatic carbocycles. The van der Waals surface area contributed by atoms with E-state index in [2.05, 4.69) is 38.0 Å². The molecule has 0 amide bonds. The van der Waals surface area contributed by atoms with Crippen LogP contribution in [0.4, 0.5) is 0 Å². The third-order valence-corrected chi connectivity index (χ3v) is 4.56. The topological polar surface area (TPSA) is 38.0 Å². The molecule has 0 spiro atoms. The molecule has 0 aliphatic rings. The fourth-order valence-corrected chi connectivity index (χ4v) is 3.16. The largest absolute Gasteiger partial charge is 0.387 e. The Kier molecular flexibility index (Phi) is 5.18. The molecule has 1 N–H and O–H groups in total. The van der Waals surface area contributed by atoms with E-state index in [4.69, 9.17) is 0 Å². The van der Waals surface area contributed by atoms with Gasteiger partial charge in [-0.2, -0.15) is 5.10 Å². The summed E-state index contributed by atoms with van der Waals surface area (Å²) in [6.07, 6.45) is 6.10. The maximum Gasteiger partial charge on any atom is 0.0916 e. The summed E-state index contributed by atoms with van der Waals surface area (Å²) in [4.78, 5) is 0. The summed E-state index contributed by atoms with van der Waals surface area (Å²) in [6, 6.07) is 10.3. The van der Waals surface area contributed by atoms with Crippen LogP contribution < -0.4 is 0 Å². The highest BCUT2D eigenvalue weighted by Crippen LogP contribution is 2.42. The smallest absolute Gasteiger partial charge is 0.0916 e. The van der Waals surface area contributed by atoms with Crippen LogP contribution in [0.5, 0.6) is 0 Å². The van der Waals surface area contributed by atoms with Crippen LogP contribution in [0.1, 0.15) is 57.3 Å². The second-order valence-corrected chi connectivity index (χ2v) is 5.67. The number of hydrogen-bond donors (Lipinski definition) is 1. The van der Waals surface area contributed by atoms with Gasteiger partial charge in [0.25, 0.3) is 0 Å². The first-order chi connectivity index (χ1) is 10.2. The number of aliphatic hydroxyl groups excluding tert-OH is 1. The highest BCUT2D eigenvalue weighted by molar-refractivity contribution is 5.30. The summed E-state index contributed by atoms with van der Waals surface area (Å²) in [5.41, 5.74) is 1.86. The van der Waals surface area contributed by atoms with E-state index in [0.29, 0.717) is 0 Å². The Balaban J connectivity index is 2.36. The van der Waals surface area contributed by atoms with E-state index in [-0.39, 0.29) is 5.41 Å². The number of nitrogens with zero attached hydrogens (tertiary/aromatic N) is 2. The van der Waals surface area contributed by atoms with Crippen LogP contribution in [-0.2, 0) is 12.0 Å². The van der Waals surface area contributed by atoms with Crippen LogP contribution in [0.15, 0.2) is 42.7 Å². The lowest BCUT2D eigenvalue weighted by molar-refractivity contribution is 0.0726. The van der Waals surface area contributed by atoms with Gasteiger partial charge in [-0.15, -0.1) is 0 Å². The average Bonchev–Trinajstić information content (AvgIpc) is 2.99. The molecule has 1 aromatic heterocycles. The molecule has 2 rings (SSSR count). The van der Waals surface area contributed by atoms with Gasteiger partial charge in [0.15, 0.2) is 0 Å². The maximum absolute atomic E-state index is 11.0. The number of aromatic nitrogens is 2. The molecule has 1 heterocycles. The first-order valence-corrected chi connectivity index (χ1v) is 7.93. The van der Waals surface area contributed by atoms with Crippen LogP contribution in [0, 0.1) is 0 Å². The molecule has 114 valence electrons. The Bertz CT molecular complexity index is 543. The van der Waals surface area contributed by atoms with Gasteiger partial charge in [0.1, 0.15) is 0 Å². The minimum absolute atomic E-state index is 0.249. The third kappa shape index (κ3) is 3.03. The summed E-state index contributed by atoms with van der Waals surface area (Å²) >= 11 is 0. The van der Waals surface area contributed by atoms with Crippen molar-refractivity contribution < 1.29 is 5.11 Å². The minimum Gasteiger partial charge on any atom is -0.387 e. The Morgan fingerprint density at radius 2 is 1.81 bits per heavy atom. The van der Waals surface area contributed by atoms with Crippen LogP contribution in [0.3, 0.4) is 0 Å². The monoisotopic (exact) mass is 286 g/mol. The first-order valence-electron chi connectivity index (χ1n) is 7.93. The van der Waals surface area contributed by atoms with Gasteiger partial charge < -0.3 is 5.11 Å². The third-order valence-electron chi connectivity index (χ3n) is 4.56. The van der Waals surface area contributed by atoms with Gasteiger partial charge in [-0.3, -0.25) is 4.68 Å². The van der Waals surface area contributed by atoms with Gasteiger partial charge >= 0.3 is 0 Å². The van der Waals surface area contributed by atoms with Crippen molar-refractivity contribution in [3.05, 3.63) is 53.9 Å². The molecule has 3 heteroatoms. The Morgan fingerprint density at radius 1 is 1.14 bits per heavy atom. The van der Waals surface area contributed by atoms with Crippen LogP contribution >= 0.6 is 0 Å². The van der Waals surface area contributed by atoms with Gasteiger partial charge in [-0.1, -0.05) is 51.1 Å². The zero-order valence-corrected chi connectivity index (χ0v) is 13.3. The molecule has 0 saturated heterocycles. The molecule has 1 unspecified atom stereocenters. The predicted octanol–water partition coefficient (Wildman–Crippen LogP) is 4.08. The molecule has 0 radical (unpaired) electrons. The normalized spacial score (nSPS) is 13.3. The van der Waals surface area contributed by atoms with E-state index < -0.39 is 6.10 Å². The van der Waals surface area contributed by atoms with Crippen molar-refractivity contribution in [1.29, 1.82) is 0 Å². The minimum atomic E-state index is -0.527. The highest BCUT2D eigenvalue weighted by atomic mass is 16.3. The molecule has 1 atom stereocenters. The van der Waals surface area contributed by atoms with Gasteiger partial charge in [0.05, 0.1) is 12.3 Å². The fraction of sp³-hybridized carbons (Fsp3) is 0.500. The number of hydrogen-bond acceptors (Lipinski definition) is 2. The molecular weight excluding hydrogens is 260 g/mol. The molecule has 0 aliphatic carbocycles. The van der Waals surface area contributed by atoms with Gasteiger partial charge in [-0.25, -0.2) is 0 Å². The molecule has 0 bridgehead atoms. The highest BCUT2D eigenvalue weighted by Gasteiger charge is 2.37. The zero-order valence-electron chi connectivity index (χ0n) is 13.3. The number of aryl methyl sites for hydroxylation is 1.